The zero-order valence-corrected chi connectivity index (χ0v) is 15.7. The van der Waals surface area contributed by atoms with Gasteiger partial charge in [-0.1, -0.05) is 68.4 Å². The van der Waals surface area contributed by atoms with Crippen LogP contribution in [0.4, 0.5) is 0 Å². The molecule has 2 aromatic rings. The Morgan fingerprint density at radius 3 is 2.46 bits per heavy atom. The zero-order chi connectivity index (χ0) is 18.4. The highest BCUT2D eigenvalue weighted by atomic mass is 16.5. The number of unbranched alkanes of at least 4 members (excludes halogenated alkanes) is 5. The minimum absolute atomic E-state index is 0.213. The number of guanidine groups is 1. The minimum Gasteiger partial charge on any atom is -0.338 e. The van der Waals surface area contributed by atoms with E-state index < -0.39 is 0 Å². The Morgan fingerprint density at radius 2 is 1.77 bits per heavy atom. The van der Waals surface area contributed by atoms with E-state index in [1.54, 1.807) is 0 Å². The monoisotopic (exact) mass is 356 g/mol. The fourth-order valence-corrected chi connectivity index (χ4v) is 3.29. The van der Waals surface area contributed by atoms with Crippen molar-refractivity contribution in [2.45, 2.75) is 57.8 Å². The zero-order valence-electron chi connectivity index (χ0n) is 15.7. The summed E-state index contributed by atoms with van der Waals surface area (Å²) in [4.78, 5) is 4.53. The van der Waals surface area contributed by atoms with Crippen LogP contribution in [0.1, 0.15) is 62.8 Å². The molecule has 1 saturated heterocycles. The highest BCUT2D eigenvalue weighted by Gasteiger charge is 2.33. The van der Waals surface area contributed by atoms with Crippen LogP contribution in [-0.2, 0) is 6.42 Å². The predicted molar refractivity (Wildman–Crippen MR) is 103 cm³/mol. The lowest BCUT2D eigenvalue weighted by molar-refractivity contribution is -0.594. The van der Waals surface area contributed by atoms with Crippen LogP contribution in [0.2, 0.25) is 0 Å². The van der Waals surface area contributed by atoms with Gasteiger partial charge in [-0.2, -0.15) is 4.98 Å². The van der Waals surface area contributed by atoms with Gasteiger partial charge in [-0.3, -0.25) is 16.0 Å². The van der Waals surface area contributed by atoms with Crippen LogP contribution in [0.5, 0.6) is 0 Å². The summed E-state index contributed by atoms with van der Waals surface area (Å²) in [6.45, 7) is 3.73. The Bertz CT molecular complexity index is 723. The van der Waals surface area contributed by atoms with Crippen LogP contribution < -0.4 is 11.5 Å². The first kappa shape index (κ1) is 18.4. The molecular weight excluding hydrogens is 326 g/mol. The molecule has 0 radical (unpaired) electrons. The average molecular weight is 356 g/mol. The molecule has 0 bridgehead atoms. The maximum atomic E-state index is 5.57. The van der Waals surface area contributed by atoms with E-state index in [1.807, 2.05) is 4.58 Å². The quantitative estimate of drug-likeness (QED) is 0.409. The smallest absolute Gasteiger partial charge is 0.338 e. The predicted octanol–water partition coefficient (Wildman–Crippen LogP) is 3.02. The van der Waals surface area contributed by atoms with Crippen molar-refractivity contribution < 1.29 is 9.10 Å². The van der Waals surface area contributed by atoms with E-state index in [2.05, 4.69) is 41.3 Å². The number of benzene rings is 1. The summed E-state index contributed by atoms with van der Waals surface area (Å²) in [6, 6.07) is 8.51. The molecule has 2 heterocycles. The first-order valence-electron chi connectivity index (χ1n) is 9.73. The second kappa shape index (κ2) is 8.83. The molecule has 6 nitrogen and oxygen atoms in total. The third-order valence-electron chi connectivity index (χ3n) is 5.07. The van der Waals surface area contributed by atoms with Crippen molar-refractivity contribution in [2.24, 2.45) is 11.5 Å². The molecule has 1 aromatic heterocycles. The van der Waals surface area contributed by atoms with Crippen molar-refractivity contribution in [3.8, 4) is 11.4 Å². The van der Waals surface area contributed by atoms with E-state index >= 15 is 0 Å². The molecule has 26 heavy (non-hydrogen) atoms. The van der Waals surface area contributed by atoms with E-state index in [4.69, 9.17) is 16.0 Å². The molecule has 0 atom stereocenters. The molecule has 1 aliphatic heterocycles. The van der Waals surface area contributed by atoms with Crippen LogP contribution >= 0.6 is 0 Å². The lowest BCUT2D eigenvalue weighted by atomic mass is 10.0. The van der Waals surface area contributed by atoms with Gasteiger partial charge in [0.15, 0.2) is 0 Å². The molecule has 1 aromatic carbocycles. The summed E-state index contributed by atoms with van der Waals surface area (Å²) in [5, 5.41) is 4.12. The molecule has 0 aliphatic carbocycles. The Labute approximate surface area is 155 Å². The lowest BCUT2D eigenvalue weighted by Gasteiger charge is -2.25. The Balaban J connectivity index is 1.49. The summed E-state index contributed by atoms with van der Waals surface area (Å²) in [5.74, 6) is 1.87. The van der Waals surface area contributed by atoms with Crippen LogP contribution in [0, 0.1) is 0 Å². The summed E-state index contributed by atoms with van der Waals surface area (Å²) in [5.41, 5.74) is 13.5. The molecule has 140 valence electrons. The van der Waals surface area contributed by atoms with Crippen molar-refractivity contribution in [1.29, 1.82) is 0 Å². The SMILES string of the molecule is CCCCCCCCc1ccc(-c2noc(C3C[N+](=C(N)N)C3)n2)cc1. The van der Waals surface area contributed by atoms with E-state index in [1.165, 1.54) is 44.1 Å². The van der Waals surface area contributed by atoms with Gasteiger partial charge in [0.1, 0.15) is 0 Å². The average Bonchev–Trinajstić information content (AvgIpc) is 3.06. The third-order valence-corrected chi connectivity index (χ3v) is 5.07. The molecule has 1 fully saturated rings. The molecule has 0 amide bonds. The van der Waals surface area contributed by atoms with Gasteiger partial charge in [-0.15, -0.1) is 0 Å². The molecular formula is C20H30N5O+. The third kappa shape index (κ3) is 4.62. The normalized spacial score (nSPS) is 16.5. The minimum atomic E-state index is 0.213. The standard InChI is InChI=1S/C20H29N5O/c1-2-3-4-5-6-7-8-15-9-11-16(12-10-15)18-23-19(26-24-18)17-13-25(14-17)20(21)22/h9-12,17H,2-8,13-14H2,1H3,(H3,21,22)/p+1. The van der Waals surface area contributed by atoms with Crippen LogP contribution in [0.25, 0.3) is 11.4 Å². The van der Waals surface area contributed by atoms with Crippen molar-refractivity contribution in [3.63, 3.8) is 0 Å². The van der Waals surface area contributed by atoms with Gasteiger partial charge in [0, 0.05) is 5.56 Å². The number of hydrogen-bond donors (Lipinski definition) is 2. The van der Waals surface area contributed by atoms with E-state index in [-0.39, 0.29) is 5.92 Å². The second-order valence-electron chi connectivity index (χ2n) is 7.20. The van der Waals surface area contributed by atoms with Crippen LogP contribution in [0.15, 0.2) is 28.8 Å². The molecule has 4 N–H and O–H groups in total. The van der Waals surface area contributed by atoms with Gasteiger partial charge < -0.3 is 4.52 Å². The van der Waals surface area contributed by atoms with Crippen molar-refractivity contribution in [3.05, 3.63) is 35.7 Å². The largest absolute Gasteiger partial charge is 0.341 e. The Morgan fingerprint density at radius 1 is 1.08 bits per heavy atom. The van der Waals surface area contributed by atoms with Gasteiger partial charge in [-0.25, -0.2) is 0 Å². The number of aryl methyl sites for hydroxylation is 1. The highest BCUT2D eigenvalue weighted by molar-refractivity contribution is 5.70. The number of nitrogens with zero attached hydrogens (tertiary/aromatic N) is 3. The lowest BCUT2D eigenvalue weighted by Crippen LogP contribution is -2.47. The Hall–Kier alpha value is -2.37. The number of hydrogen-bond acceptors (Lipinski definition) is 3. The first-order chi connectivity index (χ1) is 12.7. The molecule has 0 unspecified atom stereocenters. The number of aromatic nitrogens is 2. The number of nitrogens with two attached hydrogens (primary N) is 2. The molecule has 3 rings (SSSR count). The fourth-order valence-electron chi connectivity index (χ4n) is 3.29. The topological polar surface area (TPSA) is 94.0 Å². The van der Waals surface area contributed by atoms with Gasteiger partial charge in [0.25, 0.3) is 0 Å². The second-order valence-corrected chi connectivity index (χ2v) is 7.20. The van der Waals surface area contributed by atoms with Gasteiger partial charge in [0.2, 0.25) is 11.7 Å². The van der Waals surface area contributed by atoms with Gasteiger partial charge in [0.05, 0.1) is 19.0 Å². The summed E-state index contributed by atoms with van der Waals surface area (Å²) in [6.07, 6.45) is 9.09. The molecule has 0 spiro atoms. The summed E-state index contributed by atoms with van der Waals surface area (Å²) in [7, 11) is 0. The van der Waals surface area contributed by atoms with E-state index in [0.717, 1.165) is 25.1 Å². The molecule has 6 heteroatoms. The fraction of sp³-hybridized carbons (Fsp3) is 0.550. The van der Waals surface area contributed by atoms with E-state index in [0.29, 0.717) is 17.7 Å². The van der Waals surface area contributed by atoms with Gasteiger partial charge >= 0.3 is 5.96 Å². The maximum Gasteiger partial charge on any atom is 0.341 e. The number of rotatable bonds is 9. The summed E-state index contributed by atoms with van der Waals surface area (Å²) >= 11 is 0. The summed E-state index contributed by atoms with van der Waals surface area (Å²) < 4.78 is 7.31. The Kier molecular flexibility index (Phi) is 6.26. The van der Waals surface area contributed by atoms with Gasteiger partial charge in [-0.05, 0) is 18.4 Å². The molecule has 0 saturated carbocycles. The van der Waals surface area contributed by atoms with Crippen molar-refractivity contribution in [1.82, 2.24) is 10.1 Å². The van der Waals surface area contributed by atoms with Crippen molar-refractivity contribution >= 4 is 5.96 Å². The molecule has 1 aliphatic rings. The van der Waals surface area contributed by atoms with E-state index in [9.17, 15) is 0 Å². The maximum absolute atomic E-state index is 5.57. The highest BCUT2D eigenvalue weighted by Crippen LogP contribution is 2.25. The van der Waals surface area contributed by atoms with Crippen molar-refractivity contribution in [2.75, 3.05) is 13.1 Å². The van der Waals surface area contributed by atoms with Crippen LogP contribution in [-0.4, -0.2) is 33.8 Å². The first-order valence-corrected chi connectivity index (χ1v) is 9.73. The van der Waals surface area contributed by atoms with Crippen LogP contribution in [0.3, 0.4) is 0 Å².